The first-order chi connectivity index (χ1) is 9.26. The second-order valence-corrected chi connectivity index (χ2v) is 6.07. The minimum absolute atomic E-state index is 0.298. The van der Waals surface area contributed by atoms with E-state index in [1.807, 2.05) is 7.05 Å². The van der Waals surface area contributed by atoms with Gasteiger partial charge in [0.25, 0.3) is 0 Å². The number of rotatable bonds is 6. The van der Waals surface area contributed by atoms with Crippen LogP contribution in [0.25, 0.3) is 0 Å². The van der Waals surface area contributed by atoms with E-state index in [0.717, 1.165) is 30.4 Å². The van der Waals surface area contributed by atoms with Crippen LogP contribution in [0.5, 0.6) is 0 Å². The summed E-state index contributed by atoms with van der Waals surface area (Å²) in [7, 11) is 1.99. The fraction of sp³-hybridized carbons (Fsp3) is 0.600. The molecule has 1 atom stereocenters. The van der Waals surface area contributed by atoms with Gasteiger partial charge in [-0.15, -0.1) is 0 Å². The number of hydrogen-bond donors (Lipinski definition) is 2. The molecule has 1 aromatic rings. The van der Waals surface area contributed by atoms with Crippen molar-refractivity contribution in [2.45, 2.75) is 38.3 Å². The number of aliphatic hydroxyl groups is 1. The lowest BCUT2D eigenvalue weighted by atomic mass is 10.1. The lowest BCUT2D eigenvalue weighted by Crippen LogP contribution is -2.30. The number of nitrogens with one attached hydrogen (secondary N) is 1. The molecule has 0 bridgehead atoms. The molecular formula is C15H23BrN2O. The predicted molar refractivity (Wildman–Crippen MR) is 83.6 cm³/mol. The maximum absolute atomic E-state index is 9.03. The summed E-state index contributed by atoms with van der Waals surface area (Å²) in [4.78, 5) is 2.52. The summed E-state index contributed by atoms with van der Waals surface area (Å²) in [5.74, 6) is 0. The molecule has 0 amide bonds. The van der Waals surface area contributed by atoms with Gasteiger partial charge in [-0.1, -0.05) is 22.0 Å². The molecule has 1 aliphatic heterocycles. The zero-order valence-electron chi connectivity index (χ0n) is 11.5. The number of anilines is 1. The average Bonchev–Trinajstić information content (AvgIpc) is 2.87. The molecule has 1 aromatic carbocycles. The maximum atomic E-state index is 9.03. The Labute approximate surface area is 124 Å². The Hall–Kier alpha value is -0.580. The Morgan fingerprint density at radius 3 is 3.05 bits per heavy atom. The summed E-state index contributed by atoms with van der Waals surface area (Å²) in [6, 6.07) is 7.10. The quantitative estimate of drug-likeness (QED) is 0.843. The lowest BCUT2D eigenvalue weighted by molar-refractivity contribution is 0.279. The van der Waals surface area contributed by atoms with Gasteiger partial charge in [-0.25, -0.2) is 0 Å². The molecule has 1 saturated heterocycles. The largest absolute Gasteiger partial charge is 0.396 e. The Morgan fingerprint density at radius 2 is 2.32 bits per heavy atom. The van der Waals surface area contributed by atoms with Crippen molar-refractivity contribution in [1.29, 1.82) is 0 Å². The predicted octanol–water partition coefficient (Wildman–Crippen LogP) is 2.91. The number of aliphatic hydroxyl groups excluding tert-OH is 1. The number of nitrogens with zero attached hydrogens (tertiary/aromatic N) is 1. The molecule has 1 unspecified atom stereocenters. The topological polar surface area (TPSA) is 35.5 Å². The van der Waals surface area contributed by atoms with Gasteiger partial charge in [0.05, 0.1) is 0 Å². The van der Waals surface area contributed by atoms with Crippen LogP contribution in [0.15, 0.2) is 22.7 Å². The van der Waals surface area contributed by atoms with Crippen LogP contribution in [0.4, 0.5) is 5.69 Å². The van der Waals surface area contributed by atoms with Crippen LogP contribution in [0.1, 0.15) is 31.2 Å². The zero-order valence-corrected chi connectivity index (χ0v) is 13.1. The average molecular weight is 327 g/mol. The van der Waals surface area contributed by atoms with E-state index in [9.17, 15) is 0 Å². The van der Waals surface area contributed by atoms with E-state index in [1.165, 1.54) is 24.1 Å². The van der Waals surface area contributed by atoms with E-state index in [-0.39, 0.29) is 0 Å². The van der Waals surface area contributed by atoms with Gasteiger partial charge in [0.15, 0.2) is 0 Å². The van der Waals surface area contributed by atoms with Gasteiger partial charge in [-0.3, -0.25) is 0 Å². The van der Waals surface area contributed by atoms with Crippen molar-refractivity contribution in [3.05, 3.63) is 28.2 Å². The zero-order chi connectivity index (χ0) is 13.7. The Kier molecular flexibility index (Phi) is 5.67. The van der Waals surface area contributed by atoms with Crippen LogP contribution >= 0.6 is 15.9 Å². The molecule has 0 aliphatic carbocycles. The van der Waals surface area contributed by atoms with Crippen LogP contribution in [0.2, 0.25) is 0 Å². The third kappa shape index (κ3) is 3.71. The van der Waals surface area contributed by atoms with Gasteiger partial charge < -0.3 is 15.3 Å². The van der Waals surface area contributed by atoms with Gasteiger partial charge in [0.2, 0.25) is 0 Å². The fourth-order valence-electron chi connectivity index (χ4n) is 2.92. The van der Waals surface area contributed by atoms with Crippen molar-refractivity contribution in [1.82, 2.24) is 5.32 Å². The van der Waals surface area contributed by atoms with Gasteiger partial charge in [-0.2, -0.15) is 0 Å². The maximum Gasteiger partial charge on any atom is 0.0431 e. The van der Waals surface area contributed by atoms with Crippen molar-refractivity contribution < 1.29 is 5.11 Å². The Balaban J connectivity index is 2.20. The van der Waals surface area contributed by atoms with E-state index >= 15 is 0 Å². The first kappa shape index (κ1) is 14.8. The second-order valence-electron chi connectivity index (χ2n) is 5.16. The smallest absolute Gasteiger partial charge is 0.0431 e. The van der Waals surface area contributed by atoms with E-state index in [4.69, 9.17) is 5.11 Å². The molecule has 2 N–H and O–H groups in total. The van der Waals surface area contributed by atoms with Crippen molar-refractivity contribution in [2.24, 2.45) is 0 Å². The molecule has 0 aromatic heterocycles. The summed E-state index contributed by atoms with van der Waals surface area (Å²) in [5.41, 5.74) is 2.69. The highest BCUT2D eigenvalue weighted by Gasteiger charge is 2.25. The molecular weight excluding hydrogens is 304 g/mol. The van der Waals surface area contributed by atoms with E-state index in [2.05, 4.69) is 44.3 Å². The van der Waals surface area contributed by atoms with Crippen LogP contribution in [-0.2, 0) is 6.54 Å². The van der Waals surface area contributed by atoms with E-state index in [0.29, 0.717) is 12.6 Å². The fourth-order valence-corrected chi connectivity index (χ4v) is 3.27. The first-order valence-corrected chi connectivity index (χ1v) is 7.86. The van der Waals surface area contributed by atoms with Crippen LogP contribution < -0.4 is 10.2 Å². The van der Waals surface area contributed by atoms with E-state index in [1.54, 1.807) is 0 Å². The molecule has 0 radical (unpaired) electrons. The van der Waals surface area contributed by atoms with Crippen molar-refractivity contribution in [3.8, 4) is 0 Å². The highest BCUT2D eigenvalue weighted by atomic mass is 79.9. The molecule has 19 heavy (non-hydrogen) atoms. The Bertz CT molecular complexity index is 411. The van der Waals surface area contributed by atoms with Gasteiger partial charge in [0, 0.05) is 35.9 Å². The standard InChI is InChI=1S/C15H23BrN2O/c1-17-11-12-6-7-13(16)10-15(12)18-8-2-4-14(18)5-3-9-19/h6-7,10,14,17,19H,2-5,8-9,11H2,1H3. The summed E-state index contributed by atoms with van der Waals surface area (Å²) < 4.78 is 1.13. The van der Waals surface area contributed by atoms with Crippen LogP contribution in [0.3, 0.4) is 0 Å². The summed E-state index contributed by atoms with van der Waals surface area (Å²) in [6.07, 6.45) is 4.48. The normalized spacial score (nSPS) is 19.1. The third-order valence-corrected chi connectivity index (χ3v) is 4.29. The van der Waals surface area contributed by atoms with Crippen LogP contribution in [-0.4, -0.2) is 31.3 Å². The van der Waals surface area contributed by atoms with Gasteiger partial charge in [-0.05, 0) is 50.4 Å². The number of hydrogen-bond acceptors (Lipinski definition) is 3. The summed E-state index contributed by atoms with van der Waals surface area (Å²) in [6.45, 7) is 2.32. The number of halogens is 1. The molecule has 3 nitrogen and oxygen atoms in total. The highest BCUT2D eigenvalue weighted by Crippen LogP contribution is 2.32. The monoisotopic (exact) mass is 326 g/mol. The van der Waals surface area contributed by atoms with Gasteiger partial charge in [0.1, 0.15) is 0 Å². The summed E-state index contributed by atoms with van der Waals surface area (Å²) in [5, 5.41) is 12.3. The Morgan fingerprint density at radius 1 is 1.47 bits per heavy atom. The second kappa shape index (κ2) is 7.27. The minimum Gasteiger partial charge on any atom is -0.396 e. The number of benzene rings is 1. The molecule has 106 valence electrons. The van der Waals surface area contributed by atoms with Crippen molar-refractivity contribution in [3.63, 3.8) is 0 Å². The molecule has 4 heteroatoms. The minimum atomic E-state index is 0.298. The van der Waals surface area contributed by atoms with Crippen molar-refractivity contribution >= 4 is 21.6 Å². The lowest BCUT2D eigenvalue weighted by Gasteiger charge is -2.29. The molecule has 2 rings (SSSR count). The molecule has 0 spiro atoms. The van der Waals surface area contributed by atoms with Crippen molar-refractivity contribution in [2.75, 3.05) is 25.1 Å². The molecule has 1 fully saturated rings. The first-order valence-electron chi connectivity index (χ1n) is 7.06. The van der Waals surface area contributed by atoms with Gasteiger partial charge >= 0.3 is 0 Å². The van der Waals surface area contributed by atoms with Crippen LogP contribution in [0, 0.1) is 0 Å². The SMILES string of the molecule is CNCc1ccc(Br)cc1N1CCCC1CCCO. The van der Waals surface area contributed by atoms with E-state index < -0.39 is 0 Å². The highest BCUT2D eigenvalue weighted by molar-refractivity contribution is 9.10. The third-order valence-electron chi connectivity index (χ3n) is 3.80. The summed E-state index contributed by atoms with van der Waals surface area (Å²) >= 11 is 3.58. The molecule has 1 heterocycles. The molecule has 0 saturated carbocycles. The molecule has 1 aliphatic rings.